The lowest BCUT2D eigenvalue weighted by Crippen LogP contribution is -2.68. The van der Waals surface area contributed by atoms with Crippen LogP contribution in [0.4, 0.5) is 5.82 Å². The number of fused-ring (bicyclic) bond motifs is 3. The summed E-state index contributed by atoms with van der Waals surface area (Å²) in [4.78, 5) is 62.9. The maximum Gasteiger partial charge on any atom is 0.253 e. The fourth-order valence-electron chi connectivity index (χ4n) is 8.52. The van der Waals surface area contributed by atoms with Crippen molar-refractivity contribution in [3.63, 3.8) is 0 Å². The standard InChI is InChI=1S/C40H44N6O13/c1-43-39(42)45-22-5-3-4-18-10-20-31(34(52)29(18)22)35(53)32-24(12-23(57-2)21(15-47)30(32)33(20)51)58-38-36(54)37(55)40(56,25(16-48)59-38)13-19(17-8-9-44-26(41)11-17)14-46-27(49)6-7-28(46)50/h6-12,19,22,25,36-38,47-48,52,54-56H,3-5,13-16H2,1-2H3,(H2,41,44)(H3,42,43,45). The number of aliphatic hydroxyl groups excluding tert-OH is 4. The lowest BCUT2D eigenvalue weighted by atomic mass is 9.75. The van der Waals surface area contributed by atoms with Gasteiger partial charge in [0.1, 0.15) is 47.0 Å². The number of ketones is 2. The molecule has 2 aliphatic carbocycles. The SMILES string of the molecule is CN=C(N)NC1CCCc2cc3c(c(O)c21)C(=O)c1c(OC2OC(CO)C(O)(CC(CN4C(=O)C=CC4=O)c4ccnc(N)c4)C(O)C2O)cc(OC)c(CO)c1C3=O. The maximum atomic E-state index is 14.6. The van der Waals surface area contributed by atoms with Crippen molar-refractivity contribution in [3.8, 4) is 17.2 Å². The van der Waals surface area contributed by atoms with Crippen LogP contribution >= 0.6 is 0 Å². The van der Waals surface area contributed by atoms with Crippen LogP contribution < -0.4 is 26.3 Å². The lowest BCUT2D eigenvalue weighted by Gasteiger charge is -2.49. The van der Waals surface area contributed by atoms with E-state index in [1.807, 2.05) is 0 Å². The van der Waals surface area contributed by atoms with E-state index < -0.39 is 102 Å². The summed E-state index contributed by atoms with van der Waals surface area (Å²) in [5, 5.41) is 71.2. The number of ether oxygens (including phenoxy) is 3. The Hall–Kier alpha value is -5.96. The highest BCUT2D eigenvalue weighted by atomic mass is 16.7. The molecule has 3 heterocycles. The van der Waals surface area contributed by atoms with E-state index in [1.165, 1.54) is 38.6 Å². The van der Waals surface area contributed by atoms with Crippen molar-refractivity contribution in [1.82, 2.24) is 15.2 Å². The number of nitrogens with two attached hydrogens (primary N) is 2. The third kappa shape index (κ3) is 7.04. The molecule has 0 radical (unpaired) electrons. The number of amides is 2. The van der Waals surface area contributed by atoms with Crippen LogP contribution in [0, 0.1) is 0 Å². The number of rotatable bonds is 11. The second kappa shape index (κ2) is 16.0. The molecule has 0 saturated carbocycles. The molecule has 2 aliphatic heterocycles. The maximum absolute atomic E-state index is 14.6. The van der Waals surface area contributed by atoms with Gasteiger partial charge in [-0.2, -0.15) is 0 Å². The molecule has 0 bridgehead atoms. The molecule has 1 aromatic heterocycles. The van der Waals surface area contributed by atoms with Crippen LogP contribution in [0.15, 0.2) is 47.6 Å². The van der Waals surface area contributed by atoms with Crippen LogP contribution in [-0.4, -0.2) is 127 Å². The molecule has 0 spiro atoms. The highest BCUT2D eigenvalue weighted by molar-refractivity contribution is 6.31. The largest absolute Gasteiger partial charge is 0.507 e. The second-order valence-corrected chi connectivity index (χ2v) is 14.8. The predicted molar refractivity (Wildman–Crippen MR) is 205 cm³/mol. The summed E-state index contributed by atoms with van der Waals surface area (Å²) >= 11 is 0. The average molecular weight is 817 g/mol. The molecule has 19 nitrogen and oxygen atoms in total. The van der Waals surface area contributed by atoms with Gasteiger partial charge in [0.05, 0.1) is 37.5 Å². The fourth-order valence-corrected chi connectivity index (χ4v) is 8.52. The quantitative estimate of drug-likeness (QED) is 0.0509. The van der Waals surface area contributed by atoms with Crippen molar-refractivity contribution in [2.45, 2.75) is 74.5 Å². The first-order valence-electron chi connectivity index (χ1n) is 18.7. The van der Waals surface area contributed by atoms with Gasteiger partial charge in [-0.05, 0) is 55.0 Å². The number of aliphatic hydroxyl groups is 5. The molecule has 19 heteroatoms. The number of imide groups is 1. The number of nitrogens with one attached hydrogen (secondary N) is 1. The summed E-state index contributed by atoms with van der Waals surface area (Å²) in [7, 11) is 2.73. The number of aryl methyl sites for hydroxylation is 1. The van der Waals surface area contributed by atoms with E-state index in [-0.39, 0.29) is 46.3 Å². The molecule has 312 valence electrons. The Kier molecular flexibility index (Phi) is 11.2. The zero-order chi connectivity index (χ0) is 42.5. The minimum Gasteiger partial charge on any atom is -0.507 e. The monoisotopic (exact) mass is 816 g/mol. The highest BCUT2D eigenvalue weighted by Gasteiger charge is 2.57. The van der Waals surface area contributed by atoms with Gasteiger partial charge in [0.15, 0.2) is 11.7 Å². The Labute approximate surface area is 336 Å². The number of nitrogen functional groups attached to an aromatic ring is 1. The number of pyridine rings is 1. The number of benzene rings is 2. The molecule has 7 rings (SSSR count). The minimum absolute atomic E-state index is 0.0664. The Morgan fingerprint density at radius 3 is 2.46 bits per heavy atom. The molecular formula is C40H44N6O13. The van der Waals surface area contributed by atoms with E-state index in [1.54, 1.807) is 0 Å². The fraction of sp³-hybridized carbons (Fsp3) is 0.400. The number of aromatic hydroxyl groups is 1. The Morgan fingerprint density at radius 1 is 1.08 bits per heavy atom. The molecule has 11 N–H and O–H groups in total. The summed E-state index contributed by atoms with van der Waals surface area (Å²) < 4.78 is 17.5. The number of phenols is 1. The van der Waals surface area contributed by atoms with Gasteiger partial charge in [-0.15, -0.1) is 0 Å². The lowest BCUT2D eigenvalue weighted by molar-refractivity contribution is -0.315. The first-order chi connectivity index (χ1) is 28.2. The number of anilines is 1. The van der Waals surface area contributed by atoms with E-state index in [9.17, 15) is 49.8 Å². The number of phenolic OH excluding ortho intramolecular Hbond substituents is 1. The number of methoxy groups -OCH3 is 1. The number of hydrogen-bond acceptors (Lipinski definition) is 16. The molecule has 7 unspecified atom stereocenters. The average Bonchev–Trinajstić information content (AvgIpc) is 3.54. The number of nitrogens with zero attached hydrogens (tertiary/aromatic N) is 3. The van der Waals surface area contributed by atoms with Crippen molar-refractivity contribution in [2.24, 2.45) is 10.7 Å². The van der Waals surface area contributed by atoms with Crippen LogP contribution in [0.1, 0.15) is 85.3 Å². The number of carbonyl (C=O) groups excluding carboxylic acids is 4. The predicted octanol–water partition coefficient (Wildman–Crippen LogP) is -0.795. The summed E-state index contributed by atoms with van der Waals surface area (Å²) in [5.74, 6) is -4.63. The summed E-state index contributed by atoms with van der Waals surface area (Å²) in [6.07, 6.45) is -3.20. The van der Waals surface area contributed by atoms with Gasteiger partial charge in [-0.25, -0.2) is 4.98 Å². The molecule has 3 aromatic rings. The van der Waals surface area contributed by atoms with Gasteiger partial charge >= 0.3 is 0 Å². The van der Waals surface area contributed by atoms with Crippen LogP contribution in [0.3, 0.4) is 0 Å². The Morgan fingerprint density at radius 2 is 1.81 bits per heavy atom. The summed E-state index contributed by atoms with van der Waals surface area (Å²) in [6, 6.07) is 5.11. The Bertz CT molecular complexity index is 2280. The van der Waals surface area contributed by atoms with Gasteiger partial charge < -0.3 is 61.6 Å². The van der Waals surface area contributed by atoms with Crippen LogP contribution in [0.2, 0.25) is 0 Å². The number of carbonyl (C=O) groups is 4. The number of aliphatic imine (C=N–C) groups is 1. The number of guanidine groups is 1. The second-order valence-electron chi connectivity index (χ2n) is 14.8. The topological polar surface area (TPSA) is 310 Å². The van der Waals surface area contributed by atoms with E-state index in [0.717, 1.165) is 23.1 Å². The van der Waals surface area contributed by atoms with E-state index in [4.69, 9.17) is 25.7 Å². The van der Waals surface area contributed by atoms with Crippen LogP contribution in [0.5, 0.6) is 17.2 Å². The number of hydrogen-bond donors (Lipinski definition) is 9. The molecule has 4 aliphatic rings. The molecule has 2 amide bonds. The molecule has 59 heavy (non-hydrogen) atoms. The molecule has 1 saturated heterocycles. The zero-order valence-electron chi connectivity index (χ0n) is 32.0. The van der Waals surface area contributed by atoms with Gasteiger partial charge in [0, 0.05) is 66.2 Å². The third-order valence-electron chi connectivity index (χ3n) is 11.5. The normalized spacial score (nSPS) is 25.7. The first kappa shape index (κ1) is 41.2. The van der Waals surface area contributed by atoms with Gasteiger partial charge in [0.2, 0.25) is 12.1 Å². The Balaban J connectivity index is 1.26. The molecule has 2 aromatic carbocycles. The number of aromatic nitrogens is 1. The van der Waals surface area contributed by atoms with Crippen LogP contribution in [-0.2, 0) is 27.4 Å². The molecule has 7 atom stereocenters. The van der Waals surface area contributed by atoms with E-state index in [2.05, 4.69) is 15.3 Å². The third-order valence-corrected chi connectivity index (χ3v) is 11.5. The van der Waals surface area contributed by atoms with Crippen LogP contribution in [0.25, 0.3) is 0 Å². The van der Waals surface area contributed by atoms with Crippen molar-refractivity contribution >= 4 is 35.2 Å². The van der Waals surface area contributed by atoms with Gasteiger partial charge in [-0.3, -0.25) is 29.1 Å². The van der Waals surface area contributed by atoms with Gasteiger partial charge in [-0.1, -0.05) is 0 Å². The highest BCUT2D eigenvalue weighted by Crippen LogP contribution is 2.48. The van der Waals surface area contributed by atoms with E-state index >= 15 is 0 Å². The van der Waals surface area contributed by atoms with Crippen molar-refractivity contribution < 1.29 is 64.0 Å². The minimum atomic E-state index is -2.47. The zero-order valence-corrected chi connectivity index (χ0v) is 32.0. The summed E-state index contributed by atoms with van der Waals surface area (Å²) in [6.45, 7) is -2.01. The summed E-state index contributed by atoms with van der Waals surface area (Å²) in [5.41, 5.74) is 9.49. The van der Waals surface area contributed by atoms with Crippen molar-refractivity contribution in [3.05, 3.63) is 87.1 Å². The first-order valence-corrected chi connectivity index (χ1v) is 18.7. The smallest absolute Gasteiger partial charge is 0.253 e. The molecular weight excluding hydrogens is 772 g/mol. The van der Waals surface area contributed by atoms with E-state index in [0.29, 0.717) is 36.0 Å². The van der Waals surface area contributed by atoms with Gasteiger partial charge in [0.25, 0.3) is 11.8 Å². The van der Waals surface area contributed by atoms with Crippen molar-refractivity contribution in [2.75, 3.05) is 33.0 Å². The van der Waals surface area contributed by atoms with Crippen molar-refractivity contribution in [1.29, 1.82) is 0 Å². The molecule has 1 fully saturated rings.